The highest BCUT2D eigenvalue weighted by molar-refractivity contribution is 5.01. The zero-order valence-corrected chi connectivity index (χ0v) is 11.9. The highest BCUT2D eigenvalue weighted by atomic mass is 14.6. The van der Waals surface area contributed by atoms with Crippen molar-refractivity contribution in [2.45, 2.75) is 78.1 Å². The van der Waals surface area contributed by atoms with E-state index in [1.54, 1.807) is 38.5 Å². The van der Waals surface area contributed by atoms with E-state index in [1.165, 1.54) is 25.7 Å². The lowest BCUT2D eigenvalue weighted by Gasteiger charge is -2.39. The van der Waals surface area contributed by atoms with Gasteiger partial charge >= 0.3 is 0 Å². The monoisotopic (exact) mass is 234 g/mol. The highest BCUT2D eigenvalue weighted by Crippen LogP contribution is 2.60. The number of hydrogen-bond acceptors (Lipinski definition) is 0. The highest BCUT2D eigenvalue weighted by Gasteiger charge is 2.51. The summed E-state index contributed by atoms with van der Waals surface area (Å²) in [6.07, 6.45) is 15.4. The van der Waals surface area contributed by atoms with Gasteiger partial charge in [-0.1, -0.05) is 52.4 Å². The first-order valence-corrected chi connectivity index (χ1v) is 8.18. The van der Waals surface area contributed by atoms with Crippen LogP contribution in [0.4, 0.5) is 0 Å². The largest absolute Gasteiger partial charge is 0.0594 e. The summed E-state index contributed by atoms with van der Waals surface area (Å²) in [7, 11) is 0. The van der Waals surface area contributed by atoms with Gasteiger partial charge in [-0.3, -0.25) is 0 Å². The third-order valence-corrected chi connectivity index (χ3v) is 6.66. The molecule has 0 aromatic carbocycles. The first-order valence-electron chi connectivity index (χ1n) is 8.18. The summed E-state index contributed by atoms with van der Waals surface area (Å²) in [5, 5.41) is 0. The molecule has 0 radical (unpaired) electrons. The second-order valence-corrected chi connectivity index (χ2v) is 7.78. The molecule has 0 aliphatic heterocycles. The predicted molar refractivity (Wildman–Crippen MR) is 73.9 cm³/mol. The predicted octanol–water partition coefficient (Wildman–Crippen LogP) is 5.42. The number of fused-ring (bicyclic) bond motifs is 2. The summed E-state index contributed by atoms with van der Waals surface area (Å²) < 4.78 is 0. The van der Waals surface area contributed by atoms with Crippen LogP contribution in [0.1, 0.15) is 78.1 Å². The topological polar surface area (TPSA) is 0 Å². The smallest absolute Gasteiger partial charge is 0.0295 e. The molecule has 3 fully saturated rings. The number of rotatable bonds is 3. The molecule has 0 heteroatoms. The lowest BCUT2D eigenvalue weighted by molar-refractivity contribution is 0.105. The molecule has 3 rings (SSSR count). The summed E-state index contributed by atoms with van der Waals surface area (Å²) in [5.74, 6) is 4.35. The molecular weight excluding hydrogens is 204 g/mol. The minimum atomic E-state index is 0.678. The Bertz CT molecular complexity index is 259. The Morgan fingerprint density at radius 2 is 1.65 bits per heavy atom. The van der Waals surface area contributed by atoms with Gasteiger partial charge in [0, 0.05) is 0 Å². The van der Waals surface area contributed by atoms with Gasteiger partial charge in [-0.05, 0) is 54.8 Å². The molecule has 17 heavy (non-hydrogen) atoms. The molecule has 3 aliphatic rings. The molecule has 0 amide bonds. The molecule has 0 heterocycles. The van der Waals surface area contributed by atoms with E-state index in [0.29, 0.717) is 5.41 Å². The van der Waals surface area contributed by atoms with Crippen molar-refractivity contribution in [2.75, 3.05) is 0 Å². The van der Waals surface area contributed by atoms with Crippen LogP contribution in [0.5, 0.6) is 0 Å². The Morgan fingerprint density at radius 3 is 2.29 bits per heavy atom. The molecule has 3 unspecified atom stereocenters. The fraction of sp³-hybridized carbons (Fsp3) is 1.00. The molecule has 0 nitrogen and oxygen atoms in total. The van der Waals surface area contributed by atoms with Gasteiger partial charge in [-0.15, -0.1) is 0 Å². The van der Waals surface area contributed by atoms with Crippen molar-refractivity contribution in [1.82, 2.24) is 0 Å². The van der Waals surface area contributed by atoms with Gasteiger partial charge in [0.05, 0.1) is 0 Å². The zero-order chi connectivity index (χ0) is 11.9. The zero-order valence-electron chi connectivity index (χ0n) is 11.9. The summed E-state index contributed by atoms with van der Waals surface area (Å²) >= 11 is 0. The molecular formula is C17H30. The molecule has 3 aliphatic carbocycles. The maximum absolute atomic E-state index is 2.57. The van der Waals surface area contributed by atoms with Crippen molar-refractivity contribution in [3.63, 3.8) is 0 Å². The summed E-state index contributed by atoms with van der Waals surface area (Å²) in [6, 6.07) is 0. The molecule has 3 atom stereocenters. The van der Waals surface area contributed by atoms with Crippen LogP contribution < -0.4 is 0 Å². The van der Waals surface area contributed by atoms with E-state index in [2.05, 4.69) is 13.8 Å². The number of hydrogen-bond donors (Lipinski definition) is 0. The standard InChI is InChI=1S/C17H30/c1-17(2)15-10-9-14(12-15)16(17)11-8-13-6-4-3-5-7-13/h13-16H,3-12H2,1-2H3. The van der Waals surface area contributed by atoms with Gasteiger partial charge in [0.25, 0.3) is 0 Å². The molecule has 0 spiro atoms. The first-order chi connectivity index (χ1) is 8.18. The second kappa shape index (κ2) is 4.59. The minimum absolute atomic E-state index is 0.678. The van der Waals surface area contributed by atoms with Gasteiger partial charge in [-0.25, -0.2) is 0 Å². The average molecular weight is 234 g/mol. The van der Waals surface area contributed by atoms with E-state index < -0.39 is 0 Å². The SMILES string of the molecule is CC1(C)C2CCC(C2)C1CCC1CCCCC1. The van der Waals surface area contributed by atoms with Crippen LogP contribution in [-0.2, 0) is 0 Å². The van der Waals surface area contributed by atoms with E-state index in [4.69, 9.17) is 0 Å². The summed E-state index contributed by atoms with van der Waals surface area (Å²) in [4.78, 5) is 0. The van der Waals surface area contributed by atoms with Crippen LogP contribution in [0.2, 0.25) is 0 Å². The lowest BCUT2D eigenvalue weighted by atomic mass is 9.66. The maximum Gasteiger partial charge on any atom is -0.0295 e. The molecule has 3 saturated carbocycles. The van der Waals surface area contributed by atoms with Gasteiger partial charge in [-0.2, -0.15) is 0 Å². The summed E-state index contributed by atoms with van der Waals surface area (Å²) in [5.41, 5.74) is 0.678. The Morgan fingerprint density at radius 1 is 0.882 bits per heavy atom. The quantitative estimate of drug-likeness (QED) is 0.611. The van der Waals surface area contributed by atoms with Crippen molar-refractivity contribution in [2.24, 2.45) is 29.1 Å². The van der Waals surface area contributed by atoms with E-state index in [0.717, 1.165) is 23.7 Å². The van der Waals surface area contributed by atoms with E-state index >= 15 is 0 Å². The van der Waals surface area contributed by atoms with Crippen LogP contribution >= 0.6 is 0 Å². The molecule has 98 valence electrons. The molecule has 0 N–H and O–H groups in total. The lowest BCUT2D eigenvalue weighted by Crippen LogP contribution is -2.31. The van der Waals surface area contributed by atoms with Crippen LogP contribution in [0.25, 0.3) is 0 Å². The van der Waals surface area contributed by atoms with E-state index in [9.17, 15) is 0 Å². The normalized spacial score (nSPS) is 40.9. The Balaban J connectivity index is 1.54. The van der Waals surface area contributed by atoms with E-state index in [-0.39, 0.29) is 0 Å². The first kappa shape index (κ1) is 12.1. The van der Waals surface area contributed by atoms with Crippen molar-refractivity contribution in [3.8, 4) is 0 Å². The van der Waals surface area contributed by atoms with Gasteiger partial charge in [0.2, 0.25) is 0 Å². The van der Waals surface area contributed by atoms with Crippen LogP contribution in [-0.4, -0.2) is 0 Å². The second-order valence-electron chi connectivity index (χ2n) is 7.78. The van der Waals surface area contributed by atoms with Crippen molar-refractivity contribution in [3.05, 3.63) is 0 Å². The third kappa shape index (κ3) is 2.17. The fourth-order valence-electron chi connectivity index (χ4n) is 5.47. The van der Waals surface area contributed by atoms with Gasteiger partial charge in [0.15, 0.2) is 0 Å². The molecule has 0 aromatic rings. The fourth-order valence-corrected chi connectivity index (χ4v) is 5.47. The van der Waals surface area contributed by atoms with Crippen molar-refractivity contribution < 1.29 is 0 Å². The summed E-state index contributed by atoms with van der Waals surface area (Å²) in [6.45, 7) is 5.14. The van der Waals surface area contributed by atoms with Crippen molar-refractivity contribution in [1.29, 1.82) is 0 Å². The molecule has 0 saturated heterocycles. The van der Waals surface area contributed by atoms with Gasteiger partial charge in [0.1, 0.15) is 0 Å². The Kier molecular flexibility index (Phi) is 3.26. The Hall–Kier alpha value is 0. The van der Waals surface area contributed by atoms with Crippen LogP contribution in [0, 0.1) is 29.1 Å². The van der Waals surface area contributed by atoms with Crippen LogP contribution in [0.15, 0.2) is 0 Å². The van der Waals surface area contributed by atoms with Crippen molar-refractivity contribution >= 4 is 0 Å². The van der Waals surface area contributed by atoms with Gasteiger partial charge < -0.3 is 0 Å². The van der Waals surface area contributed by atoms with Crippen LogP contribution in [0.3, 0.4) is 0 Å². The third-order valence-electron chi connectivity index (χ3n) is 6.66. The Labute approximate surface area is 108 Å². The molecule has 2 bridgehead atoms. The average Bonchev–Trinajstić information content (AvgIpc) is 2.87. The maximum atomic E-state index is 2.57. The molecule has 0 aromatic heterocycles. The van der Waals surface area contributed by atoms with E-state index in [1.807, 2.05) is 0 Å². The minimum Gasteiger partial charge on any atom is -0.0594 e.